The molecule has 0 fully saturated rings. The summed E-state index contributed by atoms with van der Waals surface area (Å²) >= 11 is 6.45. The highest BCUT2D eigenvalue weighted by molar-refractivity contribution is 6.31. The maximum Gasteiger partial charge on any atom is 0.165 e. The third kappa shape index (κ3) is 6.56. The van der Waals surface area contributed by atoms with Gasteiger partial charge in [-0.3, -0.25) is 9.59 Å². The molecule has 6 rings (SSSR count). The average Bonchev–Trinajstić information content (AvgIpc) is 3.01. The summed E-state index contributed by atoms with van der Waals surface area (Å²) < 4.78 is 12.4. The van der Waals surface area contributed by atoms with Gasteiger partial charge in [0.25, 0.3) is 0 Å². The molecule has 0 amide bonds. The van der Waals surface area contributed by atoms with Crippen molar-refractivity contribution in [3.63, 3.8) is 0 Å². The van der Waals surface area contributed by atoms with Crippen LogP contribution in [-0.4, -0.2) is 23.6 Å². The SMILES string of the molecule is C=CCc1cc(C2C3=C(CC(C)(C)CC3=O)N(Cc3ccccc3)C3=C2C(=O)CC(C)(C)C3)cc(OC)c1OCc1ccccc1Cl. The van der Waals surface area contributed by atoms with E-state index in [9.17, 15) is 9.59 Å². The smallest absolute Gasteiger partial charge is 0.165 e. The minimum absolute atomic E-state index is 0.103. The van der Waals surface area contributed by atoms with Crippen LogP contribution >= 0.6 is 11.6 Å². The van der Waals surface area contributed by atoms with Gasteiger partial charge < -0.3 is 14.4 Å². The first-order valence-corrected chi connectivity index (χ1v) is 16.8. The number of hydrogen-bond donors (Lipinski definition) is 0. The number of hydrogen-bond acceptors (Lipinski definition) is 5. The molecule has 1 aliphatic heterocycles. The van der Waals surface area contributed by atoms with E-state index in [1.165, 1.54) is 0 Å². The number of carbonyl (C=O) groups excluding carboxylic acids is 2. The number of ketones is 2. The molecule has 0 atom stereocenters. The lowest BCUT2D eigenvalue weighted by Gasteiger charge is -2.49. The topological polar surface area (TPSA) is 55.8 Å². The molecule has 0 N–H and O–H groups in total. The molecule has 0 spiro atoms. The van der Waals surface area contributed by atoms with Gasteiger partial charge in [-0.05, 0) is 53.4 Å². The van der Waals surface area contributed by atoms with Crippen molar-refractivity contribution in [1.29, 1.82) is 0 Å². The Balaban J connectivity index is 1.54. The van der Waals surface area contributed by atoms with Crippen LogP contribution in [0.3, 0.4) is 0 Å². The Bertz CT molecular complexity index is 1750. The van der Waals surface area contributed by atoms with Crippen molar-refractivity contribution in [2.45, 2.75) is 78.9 Å². The summed E-state index contributed by atoms with van der Waals surface area (Å²) in [4.78, 5) is 31.0. The van der Waals surface area contributed by atoms with Gasteiger partial charge in [-0.25, -0.2) is 0 Å². The lowest BCUT2D eigenvalue weighted by atomic mass is 9.63. The van der Waals surface area contributed by atoms with Gasteiger partial charge in [0.15, 0.2) is 23.1 Å². The highest BCUT2D eigenvalue weighted by Gasteiger charge is 2.49. The molecule has 0 radical (unpaired) electrons. The van der Waals surface area contributed by atoms with Crippen molar-refractivity contribution in [1.82, 2.24) is 4.90 Å². The van der Waals surface area contributed by atoms with E-state index in [4.69, 9.17) is 21.1 Å². The van der Waals surface area contributed by atoms with E-state index in [0.717, 1.165) is 57.6 Å². The van der Waals surface area contributed by atoms with Gasteiger partial charge in [0.2, 0.25) is 0 Å². The van der Waals surface area contributed by atoms with Gasteiger partial charge >= 0.3 is 0 Å². The fourth-order valence-corrected chi connectivity index (χ4v) is 7.77. The number of halogens is 1. The van der Waals surface area contributed by atoms with E-state index in [1.54, 1.807) is 7.11 Å². The number of rotatable bonds is 9. The van der Waals surface area contributed by atoms with Gasteiger partial charge in [0, 0.05) is 64.0 Å². The monoisotopic (exact) mass is 649 g/mol. The van der Waals surface area contributed by atoms with Crippen molar-refractivity contribution in [3.05, 3.63) is 129 Å². The summed E-state index contributed by atoms with van der Waals surface area (Å²) in [6.45, 7) is 13.6. The van der Waals surface area contributed by atoms with Gasteiger partial charge in [0.1, 0.15) is 6.61 Å². The van der Waals surface area contributed by atoms with Crippen LogP contribution in [0, 0.1) is 10.8 Å². The second-order valence-electron chi connectivity index (χ2n) is 14.7. The summed E-state index contributed by atoms with van der Waals surface area (Å²) in [5.74, 6) is 0.871. The molecule has 3 aromatic rings. The Labute approximate surface area is 283 Å². The quantitative estimate of drug-likeness (QED) is 0.216. The van der Waals surface area contributed by atoms with Crippen LogP contribution < -0.4 is 9.47 Å². The van der Waals surface area contributed by atoms with E-state index in [1.807, 2.05) is 54.6 Å². The summed E-state index contributed by atoms with van der Waals surface area (Å²) in [7, 11) is 1.62. The summed E-state index contributed by atoms with van der Waals surface area (Å²) in [5, 5.41) is 0.632. The zero-order chi connectivity index (χ0) is 33.5. The maximum absolute atomic E-state index is 14.4. The van der Waals surface area contributed by atoms with Crippen LogP contribution in [0.15, 0.2) is 102 Å². The molecule has 6 heteroatoms. The molecule has 3 aromatic carbocycles. The van der Waals surface area contributed by atoms with E-state index in [0.29, 0.717) is 42.3 Å². The van der Waals surface area contributed by atoms with E-state index >= 15 is 0 Å². The molecule has 0 bridgehead atoms. The molecule has 0 saturated carbocycles. The number of ether oxygens (including phenoxy) is 2. The van der Waals surface area contributed by atoms with Crippen molar-refractivity contribution in [2.24, 2.45) is 10.8 Å². The third-order valence-corrected chi connectivity index (χ3v) is 9.98. The van der Waals surface area contributed by atoms with Crippen LogP contribution in [0.1, 0.15) is 81.5 Å². The molecule has 2 aliphatic carbocycles. The van der Waals surface area contributed by atoms with Crippen LogP contribution in [0.5, 0.6) is 11.5 Å². The van der Waals surface area contributed by atoms with Gasteiger partial charge in [-0.1, -0.05) is 100.0 Å². The fourth-order valence-electron chi connectivity index (χ4n) is 7.58. The largest absolute Gasteiger partial charge is 0.493 e. The van der Waals surface area contributed by atoms with E-state index in [-0.39, 0.29) is 29.0 Å². The zero-order valence-electron chi connectivity index (χ0n) is 28.1. The number of Topliss-reactive ketones (excluding diaryl/α,β-unsaturated/α-hetero) is 2. The molecule has 244 valence electrons. The van der Waals surface area contributed by atoms with Crippen LogP contribution in [0.4, 0.5) is 0 Å². The van der Waals surface area contributed by atoms with Crippen LogP contribution in [0.2, 0.25) is 5.02 Å². The Morgan fingerprint density at radius 2 is 1.45 bits per heavy atom. The van der Waals surface area contributed by atoms with E-state index in [2.05, 4.69) is 57.4 Å². The van der Waals surface area contributed by atoms with Crippen molar-refractivity contribution >= 4 is 23.2 Å². The standard InChI is InChI=1S/C41H44ClNO4/c1-7-13-27-18-29(19-35(46-6)39(27)47-25-28-16-11-12-17-30(28)42)36-37-31(20-40(2,3)22-33(37)44)43(24-26-14-9-8-10-15-26)32-21-41(4,5)23-34(45)38(32)36/h7-12,14-19,36H,1,13,20-25H2,2-6H3. The number of benzene rings is 3. The Morgan fingerprint density at radius 3 is 2.02 bits per heavy atom. The summed E-state index contributed by atoms with van der Waals surface area (Å²) in [6, 6.07) is 22.0. The average molecular weight is 650 g/mol. The fraction of sp³-hybridized carbons (Fsp3) is 0.366. The minimum atomic E-state index is -0.491. The van der Waals surface area contributed by atoms with Crippen LogP contribution in [-0.2, 0) is 29.2 Å². The minimum Gasteiger partial charge on any atom is -0.493 e. The van der Waals surface area contributed by atoms with Crippen molar-refractivity contribution < 1.29 is 19.1 Å². The predicted molar refractivity (Wildman–Crippen MR) is 188 cm³/mol. The number of nitrogens with zero attached hydrogens (tertiary/aromatic N) is 1. The molecule has 0 unspecified atom stereocenters. The maximum atomic E-state index is 14.4. The van der Waals surface area contributed by atoms with Crippen LogP contribution in [0.25, 0.3) is 0 Å². The molecule has 3 aliphatic rings. The van der Waals surface area contributed by atoms with E-state index < -0.39 is 5.92 Å². The van der Waals surface area contributed by atoms with Gasteiger partial charge in [0.05, 0.1) is 7.11 Å². The molecule has 0 saturated heterocycles. The molecular formula is C41H44ClNO4. The number of methoxy groups -OCH3 is 1. The second-order valence-corrected chi connectivity index (χ2v) is 15.1. The lowest BCUT2D eigenvalue weighted by Crippen LogP contribution is -2.44. The molecule has 0 aromatic heterocycles. The Kier molecular flexibility index (Phi) is 8.97. The highest BCUT2D eigenvalue weighted by Crippen LogP contribution is 2.55. The molecule has 1 heterocycles. The first kappa shape index (κ1) is 32.8. The molecule has 5 nitrogen and oxygen atoms in total. The first-order chi connectivity index (χ1) is 22.4. The Morgan fingerprint density at radius 1 is 0.851 bits per heavy atom. The number of carbonyl (C=O) groups is 2. The third-order valence-electron chi connectivity index (χ3n) is 9.61. The van der Waals surface area contributed by atoms with Gasteiger partial charge in [-0.2, -0.15) is 0 Å². The summed E-state index contributed by atoms with van der Waals surface area (Å²) in [6.07, 6.45) is 4.71. The van der Waals surface area contributed by atoms with Crippen molar-refractivity contribution in [2.75, 3.05) is 7.11 Å². The van der Waals surface area contributed by atoms with Crippen molar-refractivity contribution in [3.8, 4) is 11.5 Å². The molecular weight excluding hydrogens is 606 g/mol. The first-order valence-electron chi connectivity index (χ1n) is 16.4. The Hall–Kier alpha value is -4.09. The normalized spacial score (nSPS) is 19.0. The molecule has 47 heavy (non-hydrogen) atoms. The predicted octanol–water partition coefficient (Wildman–Crippen LogP) is 9.54. The highest BCUT2D eigenvalue weighted by atomic mass is 35.5. The summed E-state index contributed by atoms with van der Waals surface area (Å²) in [5.41, 5.74) is 6.89. The van der Waals surface area contributed by atoms with Gasteiger partial charge in [-0.15, -0.1) is 6.58 Å². The lowest BCUT2D eigenvalue weighted by molar-refractivity contribution is -0.119. The zero-order valence-corrected chi connectivity index (χ0v) is 28.9. The number of allylic oxidation sites excluding steroid dienone is 5. The second kappa shape index (κ2) is 12.8.